The highest BCUT2D eigenvalue weighted by Crippen LogP contribution is 2.24. The summed E-state index contributed by atoms with van der Waals surface area (Å²) in [5, 5.41) is 18.2. The molecule has 0 radical (unpaired) electrons. The number of nitrogens with zero attached hydrogens (tertiary/aromatic N) is 5. The van der Waals surface area contributed by atoms with Gasteiger partial charge in [-0.2, -0.15) is 5.26 Å². The Kier molecular flexibility index (Phi) is 4.47. The first-order chi connectivity index (χ1) is 11.2. The first-order valence-corrected chi connectivity index (χ1v) is 8.07. The molecular weight excluding hydrogens is 290 g/mol. The molecule has 2 aromatic rings. The number of hydrogen-bond donors (Lipinski definition) is 0. The molecule has 2 heterocycles. The molecule has 0 amide bonds. The van der Waals surface area contributed by atoms with Crippen molar-refractivity contribution in [3.63, 3.8) is 0 Å². The number of hydrogen-bond acceptors (Lipinski definition) is 5. The van der Waals surface area contributed by atoms with Gasteiger partial charge in [0.05, 0.1) is 12.3 Å². The van der Waals surface area contributed by atoms with E-state index in [0.717, 1.165) is 43.3 Å². The maximum absolute atomic E-state index is 9.36. The van der Waals surface area contributed by atoms with E-state index in [0.29, 0.717) is 18.1 Å². The van der Waals surface area contributed by atoms with E-state index in [1.54, 1.807) is 0 Å². The Balaban J connectivity index is 1.85. The maximum Gasteiger partial charge on any atom is 0.207 e. The van der Waals surface area contributed by atoms with E-state index in [9.17, 15) is 5.26 Å². The second-order valence-electron chi connectivity index (χ2n) is 5.87. The number of benzene rings is 1. The fraction of sp³-hybridized carbons (Fsp3) is 0.471. The summed E-state index contributed by atoms with van der Waals surface area (Å²) in [7, 11) is 0. The Bertz CT molecular complexity index is 693. The third kappa shape index (κ3) is 3.29. The zero-order valence-corrected chi connectivity index (χ0v) is 13.6. The van der Waals surface area contributed by atoms with Crippen LogP contribution in [0.15, 0.2) is 24.3 Å². The molecule has 6 nitrogen and oxygen atoms in total. The van der Waals surface area contributed by atoms with Crippen molar-refractivity contribution in [2.45, 2.75) is 26.7 Å². The van der Waals surface area contributed by atoms with Crippen LogP contribution in [0.1, 0.15) is 32.4 Å². The van der Waals surface area contributed by atoms with Crippen LogP contribution in [0.4, 0.5) is 5.82 Å². The van der Waals surface area contributed by atoms with Crippen molar-refractivity contribution in [2.24, 2.45) is 5.92 Å². The van der Waals surface area contributed by atoms with E-state index in [1.807, 2.05) is 31.2 Å². The summed E-state index contributed by atoms with van der Waals surface area (Å²) in [6.07, 6.45) is 2.25. The highest BCUT2D eigenvalue weighted by Gasteiger charge is 2.22. The number of anilines is 1. The van der Waals surface area contributed by atoms with E-state index >= 15 is 0 Å². The summed E-state index contributed by atoms with van der Waals surface area (Å²) in [5.41, 5.74) is 1.20. The molecule has 0 saturated carbocycles. The Morgan fingerprint density at radius 2 is 1.91 bits per heavy atom. The van der Waals surface area contributed by atoms with Crippen LogP contribution in [-0.2, 0) is 0 Å². The van der Waals surface area contributed by atoms with Crippen LogP contribution in [0.2, 0.25) is 0 Å². The summed E-state index contributed by atoms with van der Waals surface area (Å²) < 4.78 is 5.44. The predicted molar refractivity (Wildman–Crippen MR) is 87.9 cm³/mol. The minimum Gasteiger partial charge on any atom is -0.494 e. The minimum atomic E-state index is 0.383. The Labute approximate surface area is 136 Å². The van der Waals surface area contributed by atoms with E-state index in [-0.39, 0.29) is 0 Å². The molecule has 1 fully saturated rings. The van der Waals surface area contributed by atoms with Gasteiger partial charge in [0.1, 0.15) is 11.8 Å². The minimum absolute atomic E-state index is 0.383. The lowest BCUT2D eigenvalue weighted by Gasteiger charge is -2.30. The molecule has 0 unspecified atom stereocenters. The van der Waals surface area contributed by atoms with Gasteiger partial charge in [0.2, 0.25) is 5.69 Å². The van der Waals surface area contributed by atoms with Crippen molar-refractivity contribution in [2.75, 3.05) is 24.6 Å². The van der Waals surface area contributed by atoms with Crippen LogP contribution in [0.5, 0.6) is 5.75 Å². The molecule has 120 valence electrons. The number of piperidine rings is 1. The number of rotatable bonds is 4. The molecule has 0 spiro atoms. The van der Waals surface area contributed by atoms with Gasteiger partial charge in [-0.25, -0.2) is 0 Å². The SMILES string of the molecule is CCOc1ccc(-n2nc(C#N)c(N3CCC(C)CC3)n2)cc1. The van der Waals surface area contributed by atoms with Crippen molar-refractivity contribution in [3.05, 3.63) is 30.0 Å². The van der Waals surface area contributed by atoms with Crippen LogP contribution >= 0.6 is 0 Å². The Hall–Kier alpha value is -2.55. The molecule has 3 rings (SSSR count). The van der Waals surface area contributed by atoms with Gasteiger partial charge in [0, 0.05) is 13.1 Å². The van der Waals surface area contributed by atoms with Crippen molar-refractivity contribution in [3.8, 4) is 17.5 Å². The van der Waals surface area contributed by atoms with Crippen LogP contribution in [0, 0.1) is 17.2 Å². The summed E-state index contributed by atoms with van der Waals surface area (Å²) >= 11 is 0. The lowest BCUT2D eigenvalue weighted by molar-refractivity contribution is 0.340. The number of nitriles is 1. The van der Waals surface area contributed by atoms with E-state index in [2.05, 4.69) is 28.1 Å². The lowest BCUT2D eigenvalue weighted by atomic mass is 9.99. The van der Waals surface area contributed by atoms with Crippen LogP contribution in [0.25, 0.3) is 5.69 Å². The molecular formula is C17H21N5O. The fourth-order valence-corrected chi connectivity index (χ4v) is 2.76. The zero-order valence-electron chi connectivity index (χ0n) is 13.6. The second-order valence-corrected chi connectivity index (χ2v) is 5.87. The van der Waals surface area contributed by atoms with E-state index < -0.39 is 0 Å². The van der Waals surface area contributed by atoms with E-state index in [1.165, 1.54) is 4.80 Å². The summed E-state index contributed by atoms with van der Waals surface area (Å²) in [4.78, 5) is 3.69. The van der Waals surface area contributed by atoms with Crippen molar-refractivity contribution in [1.29, 1.82) is 5.26 Å². The monoisotopic (exact) mass is 311 g/mol. The third-order valence-electron chi connectivity index (χ3n) is 4.16. The maximum atomic E-state index is 9.36. The van der Waals surface area contributed by atoms with Gasteiger partial charge in [-0.1, -0.05) is 6.92 Å². The molecule has 1 aliphatic heterocycles. The van der Waals surface area contributed by atoms with Gasteiger partial charge in [0.15, 0.2) is 5.82 Å². The molecule has 0 N–H and O–H groups in total. The molecule has 1 aromatic heterocycles. The largest absolute Gasteiger partial charge is 0.494 e. The van der Waals surface area contributed by atoms with Gasteiger partial charge in [0.25, 0.3) is 0 Å². The number of aromatic nitrogens is 3. The van der Waals surface area contributed by atoms with Crippen LogP contribution in [0.3, 0.4) is 0 Å². The molecule has 1 aromatic carbocycles. The van der Waals surface area contributed by atoms with Crippen molar-refractivity contribution >= 4 is 5.82 Å². The quantitative estimate of drug-likeness (QED) is 0.868. The molecule has 1 aliphatic rings. The first kappa shape index (κ1) is 15.3. The zero-order chi connectivity index (χ0) is 16.2. The molecule has 1 saturated heterocycles. The summed E-state index contributed by atoms with van der Waals surface area (Å²) in [6.45, 7) is 6.71. The average Bonchev–Trinajstić information content (AvgIpc) is 3.01. The first-order valence-electron chi connectivity index (χ1n) is 8.07. The van der Waals surface area contributed by atoms with E-state index in [4.69, 9.17) is 4.74 Å². The standard InChI is InChI=1S/C17H21N5O/c1-3-23-15-6-4-14(5-7-15)22-19-16(12-18)17(20-22)21-10-8-13(2)9-11-21/h4-7,13H,3,8-11H2,1-2H3. The second kappa shape index (κ2) is 6.69. The smallest absolute Gasteiger partial charge is 0.207 e. The topological polar surface area (TPSA) is 67.0 Å². The summed E-state index contributed by atoms with van der Waals surface area (Å²) in [5.74, 6) is 2.24. The Morgan fingerprint density at radius 1 is 1.22 bits per heavy atom. The normalized spacial score (nSPS) is 15.4. The van der Waals surface area contributed by atoms with Gasteiger partial charge in [-0.3, -0.25) is 0 Å². The van der Waals surface area contributed by atoms with Crippen molar-refractivity contribution < 1.29 is 4.74 Å². The molecule has 0 aliphatic carbocycles. The highest BCUT2D eigenvalue weighted by molar-refractivity contribution is 5.50. The van der Waals surface area contributed by atoms with Gasteiger partial charge in [-0.15, -0.1) is 15.0 Å². The van der Waals surface area contributed by atoms with Crippen LogP contribution < -0.4 is 9.64 Å². The third-order valence-corrected chi connectivity index (χ3v) is 4.16. The molecule has 23 heavy (non-hydrogen) atoms. The lowest BCUT2D eigenvalue weighted by Crippen LogP contribution is -2.33. The average molecular weight is 311 g/mol. The van der Waals surface area contributed by atoms with Gasteiger partial charge < -0.3 is 9.64 Å². The summed E-state index contributed by atoms with van der Waals surface area (Å²) in [6, 6.07) is 9.73. The van der Waals surface area contributed by atoms with Crippen molar-refractivity contribution in [1.82, 2.24) is 15.0 Å². The van der Waals surface area contributed by atoms with Gasteiger partial charge >= 0.3 is 0 Å². The molecule has 0 bridgehead atoms. The number of ether oxygens (including phenoxy) is 1. The predicted octanol–water partition coefficient (Wildman–Crippen LogP) is 2.77. The Morgan fingerprint density at radius 3 is 2.52 bits per heavy atom. The molecule has 0 atom stereocenters. The van der Waals surface area contributed by atoms with Gasteiger partial charge in [-0.05, 0) is 49.9 Å². The van der Waals surface area contributed by atoms with Crippen LogP contribution in [-0.4, -0.2) is 34.7 Å². The highest BCUT2D eigenvalue weighted by atomic mass is 16.5. The fourth-order valence-electron chi connectivity index (χ4n) is 2.76. The molecule has 6 heteroatoms.